The van der Waals surface area contributed by atoms with Crippen molar-refractivity contribution in [1.29, 1.82) is 0 Å². The molecule has 0 bridgehead atoms. The third-order valence-electron chi connectivity index (χ3n) is 1.68. The van der Waals surface area contributed by atoms with Gasteiger partial charge < -0.3 is 4.42 Å². The number of carbonyl (C=O) groups is 2. The van der Waals surface area contributed by atoms with Crippen LogP contribution in [-0.2, 0) is 4.79 Å². The van der Waals surface area contributed by atoms with Gasteiger partial charge in [0.1, 0.15) is 0 Å². The summed E-state index contributed by atoms with van der Waals surface area (Å²) in [5.74, 6) is -0.259. The first-order chi connectivity index (χ1) is 7.20. The van der Waals surface area contributed by atoms with Crippen LogP contribution >= 0.6 is 11.8 Å². The molecule has 4 heteroatoms. The molecule has 0 unspecified atom stereocenters. The predicted molar refractivity (Wildman–Crippen MR) is 59.8 cm³/mol. The smallest absolute Gasteiger partial charge is 0.232 e. The quantitative estimate of drug-likeness (QED) is 0.258. The van der Waals surface area contributed by atoms with Gasteiger partial charge in [0, 0.05) is 0 Å². The van der Waals surface area contributed by atoms with E-state index in [0.29, 0.717) is 0 Å². The second kappa shape index (κ2) is 5.36. The largest absolute Gasteiger partial charge is 0.461 e. The highest BCUT2D eigenvalue weighted by Gasteiger charge is 2.20. The van der Waals surface area contributed by atoms with Crippen LogP contribution in [0.25, 0.3) is 0 Å². The summed E-state index contributed by atoms with van der Waals surface area (Å²) >= 11 is 0.981. The molecule has 0 aromatic carbocycles. The van der Waals surface area contributed by atoms with Crippen molar-refractivity contribution in [3.63, 3.8) is 0 Å². The van der Waals surface area contributed by atoms with E-state index in [9.17, 15) is 9.59 Å². The van der Waals surface area contributed by atoms with Gasteiger partial charge in [-0.05, 0) is 24.5 Å². The number of rotatable bonds is 4. The molecule has 0 spiro atoms. The van der Waals surface area contributed by atoms with E-state index in [0.717, 1.165) is 11.8 Å². The first kappa shape index (κ1) is 11.5. The molecule has 0 aliphatic rings. The maximum absolute atomic E-state index is 11.8. The topological polar surface area (TPSA) is 47.3 Å². The van der Waals surface area contributed by atoms with Crippen molar-refractivity contribution in [2.45, 2.75) is 0 Å². The first-order valence-corrected chi connectivity index (χ1v) is 5.42. The van der Waals surface area contributed by atoms with Crippen molar-refractivity contribution in [2.24, 2.45) is 0 Å². The summed E-state index contributed by atoms with van der Waals surface area (Å²) in [6.45, 7) is 3.46. The number of hydrogen-bond acceptors (Lipinski definition) is 4. The van der Waals surface area contributed by atoms with Gasteiger partial charge in [0.15, 0.2) is 5.76 Å². The molecule has 0 aliphatic carbocycles. The summed E-state index contributed by atoms with van der Waals surface area (Å²) < 4.78 is 4.93. The number of hydrogen-bond donors (Lipinski definition) is 0. The van der Waals surface area contributed by atoms with E-state index in [1.807, 2.05) is 0 Å². The summed E-state index contributed by atoms with van der Waals surface area (Å²) in [4.78, 5) is 23.2. The molecular weight excluding hydrogens is 212 g/mol. The Hall–Kier alpha value is -1.55. The predicted octanol–water partition coefficient (Wildman–Crippen LogP) is 2.46. The number of allylic oxidation sites excluding steroid dienone is 2. The van der Waals surface area contributed by atoms with Gasteiger partial charge in [-0.15, -0.1) is 0 Å². The minimum absolute atomic E-state index is 0.0763. The Morgan fingerprint density at radius 2 is 2.27 bits per heavy atom. The molecule has 0 amide bonds. The Bertz CT molecular complexity index is 401. The molecule has 0 saturated carbocycles. The molecule has 0 atom stereocenters. The summed E-state index contributed by atoms with van der Waals surface area (Å²) in [6, 6.07) is 3.12. The molecule has 0 saturated heterocycles. The van der Waals surface area contributed by atoms with Crippen LogP contribution in [0.15, 0.2) is 47.1 Å². The summed E-state index contributed by atoms with van der Waals surface area (Å²) in [5.41, 5.74) is 0.0763. The van der Waals surface area contributed by atoms with Gasteiger partial charge in [-0.25, -0.2) is 0 Å². The summed E-state index contributed by atoms with van der Waals surface area (Å²) in [6.07, 6.45) is 5.81. The monoisotopic (exact) mass is 222 g/mol. The Balaban J connectivity index is 3.02. The molecule has 3 nitrogen and oxygen atoms in total. The van der Waals surface area contributed by atoms with Crippen molar-refractivity contribution in [3.05, 3.63) is 48.5 Å². The molecule has 0 N–H and O–H groups in total. The molecule has 1 aromatic rings. The van der Waals surface area contributed by atoms with E-state index in [1.165, 1.54) is 24.5 Å². The van der Waals surface area contributed by atoms with Crippen LogP contribution in [-0.4, -0.2) is 17.2 Å². The Labute approximate surface area is 91.8 Å². The zero-order valence-corrected chi connectivity index (χ0v) is 9.04. The fraction of sp³-hybridized carbons (Fsp3) is 0.0909. The van der Waals surface area contributed by atoms with Crippen LogP contribution in [0.4, 0.5) is 0 Å². The molecule has 15 heavy (non-hydrogen) atoms. The number of ketones is 1. The lowest BCUT2D eigenvalue weighted by atomic mass is 10.1. The van der Waals surface area contributed by atoms with E-state index >= 15 is 0 Å². The average molecular weight is 222 g/mol. The van der Waals surface area contributed by atoms with E-state index in [-0.39, 0.29) is 16.4 Å². The lowest BCUT2D eigenvalue weighted by molar-refractivity contribution is -0.107. The maximum Gasteiger partial charge on any atom is 0.232 e. The van der Waals surface area contributed by atoms with Crippen molar-refractivity contribution < 1.29 is 14.0 Å². The average Bonchev–Trinajstić information content (AvgIpc) is 2.77. The number of Topliss-reactive ketones (excluding diaryl/α,β-unsaturated/α-hetero) is 1. The number of furan rings is 1. The van der Waals surface area contributed by atoms with Gasteiger partial charge in [0.05, 0.1) is 11.8 Å². The Morgan fingerprint density at radius 3 is 2.73 bits per heavy atom. The van der Waals surface area contributed by atoms with Gasteiger partial charge >= 0.3 is 0 Å². The third-order valence-corrected chi connectivity index (χ3v) is 2.27. The minimum Gasteiger partial charge on any atom is -0.461 e. The van der Waals surface area contributed by atoms with Crippen LogP contribution in [0.5, 0.6) is 0 Å². The van der Waals surface area contributed by atoms with Gasteiger partial charge in [-0.3, -0.25) is 9.59 Å². The van der Waals surface area contributed by atoms with Crippen molar-refractivity contribution in [3.8, 4) is 0 Å². The third kappa shape index (κ3) is 2.70. The van der Waals surface area contributed by atoms with Gasteiger partial charge in [-0.1, -0.05) is 24.4 Å². The van der Waals surface area contributed by atoms with Crippen molar-refractivity contribution in [1.82, 2.24) is 0 Å². The SMILES string of the molecule is C=C/C=C(\C(=O)SC)C(=O)c1ccco1. The molecule has 0 radical (unpaired) electrons. The van der Waals surface area contributed by atoms with Crippen LogP contribution in [0.3, 0.4) is 0 Å². The molecule has 1 heterocycles. The van der Waals surface area contributed by atoms with Crippen molar-refractivity contribution >= 4 is 22.7 Å². The molecule has 1 aromatic heterocycles. The lowest BCUT2D eigenvalue weighted by Gasteiger charge is -1.99. The van der Waals surface area contributed by atoms with Crippen LogP contribution in [0.2, 0.25) is 0 Å². The minimum atomic E-state index is -0.417. The second-order valence-corrected chi connectivity index (χ2v) is 3.39. The molecular formula is C11H10O3S. The van der Waals surface area contributed by atoms with Crippen LogP contribution in [0.1, 0.15) is 10.6 Å². The fourth-order valence-electron chi connectivity index (χ4n) is 1.00. The number of carbonyl (C=O) groups excluding carboxylic acids is 2. The van der Waals surface area contributed by atoms with E-state index in [1.54, 1.807) is 12.3 Å². The standard InChI is InChI=1S/C11H10O3S/c1-3-5-8(11(13)15-2)10(12)9-6-4-7-14-9/h3-7H,1H2,2H3/b8-5-. The summed E-state index contributed by atoms with van der Waals surface area (Å²) in [7, 11) is 0. The van der Waals surface area contributed by atoms with Gasteiger partial charge in [-0.2, -0.15) is 0 Å². The van der Waals surface area contributed by atoms with E-state index in [4.69, 9.17) is 4.42 Å². The second-order valence-electron chi connectivity index (χ2n) is 2.61. The highest BCUT2D eigenvalue weighted by Crippen LogP contribution is 2.14. The van der Waals surface area contributed by atoms with Crippen LogP contribution < -0.4 is 0 Å². The Kier molecular flexibility index (Phi) is 4.12. The first-order valence-electron chi connectivity index (χ1n) is 4.20. The highest BCUT2D eigenvalue weighted by molar-refractivity contribution is 8.13. The molecule has 78 valence electrons. The maximum atomic E-state index is 11.8. The fourth-order valence-corrected chi connectivity index (χ4v) is 1.39. The normalized spacial score (nSPS) is 11.1. The molecule has 0 aliphatic heterocycles. The summed E-state index contributed by atoms with van der Waals surface area (Å²) in [5, 5.41) is -0.295. The van der Waals surface area contributed by atoms with Crippen LogP contribution in [0, 0.1) is 0 Å². The number of thioether (sulfide) groups is 1. The van der Waals surface area contributed by atoms with Gasteiger partial charge in [0.25, 0.3) is 0 Å². The molecule has 0 fully saturated rings. The lowest BCUT2D eigenvalue weighted by Crippen LogP contribution is -2.09. The molecule has 1 rings (SSSR count). The highest BCUT2D eigenvalue weighted by atomic mass is 32.2. The van der Waals surface area contributed by atoms with E-state index in [2.05, 4.69) is 6.58 Å². The van der Waals surface area contributed by atoms with Crippen molar-refractivity contribution in [2.75, 3.05) is 6.26 Å². The van der Waals surface area contributed by atoms with E-state index < -0.39 is 5.78 Å². The zero-order chi connectivity index (χ0) is 11.3. The zero-order valence-electron chi connectivity index (χ0n) is 8.23. The Morgan fingerprint density at radius 1 is 1.53 bits per heavy atom. The van der Waals surface area contributed by atoms with Gasteiger partial charge in [0.2, 0.25) is 10.9 Å².